The lowest BCUT2D eigenvalue weighted by Gasteiger charge is -2.14. The van der Waals surface area contributed by atoms with Crippen molar-refractivity contribution >= 4 is 21.7 Å². The van der Waals surface area contributed by atoms with Gasteiger partial charge in [-0.05, 0) is 37.3 Å². The predicted molar refractivity (Wildman–Crippen MR) is 97.4 cm³/mol. The number of anilines is 1. The predicted octanol–water partition coefficient (Wildman–Crippen LogP) is 1.87. The number of aliphatic imine (C=N–C) groups is 1. The van der Waals surface area contributed by atoms with Crippen molar-refractivity contribution in [3.63, 3.8) is 0 Å². The summed E-state index contributed by atoms with van der Waals surface area (Å²) in [7, 11) is -3.13. The van der Waals surface area contributed by atoms with Crippen LogP contribution in [0.25, 0.3) is 0 Å². The lowest BCUT2D eigenvalue weighted by Crippen LogP contribution is -2.27. The van der Waals surface area contributed by atoms with Crippen LogP contribution in [0.2, 0.25) is 0 Å². The van der Waals surface area contributed by atoms with E-state index in [1.165, 1.54) is 11.1 Å². The number of nitrogens with one attached hydrogen (secondary N) is 2. The first-order valence-corrected chi connectivity index (χ1v) is 9.73. The van der Waals surface area contributed by atoms with E-state index in [1.807, 2.05) is 0 Å². The van der Waals surface area contributed by atoms with Gasteiger partial charge in [-0.3, -0.25) is 4.99 Å². The second-order valence-electron chi connectivity index (χ2n) is 5.20. The molecule has 0 bridgehead atoms. The SMILES string of the molecule is CCc1cccc(CC)c1NC(N)=NCCCNS(=O)(=O)CC. The molecule has 0 aromatic heterocycles. The molecule has 0 fully saturated rings. The molecule has 1 aromatic carbocycles. The molecule has 0 saturated carbocycles. The maximum absolute atomic E-state index is 11.3. The molecule has 0 radical (unpaired) electrons. The number of benzene rings is 1. The van der Waals surface area contributed by atoms with Gasteiger partial charge in [0.05, 0.1) is 5.75 Å². The molecular weight excluding hydrogens is 312 g/mol. The third kappa shape index (κ3) is 6.58. The summed E-state index contributed by atoms with van der Waals surface area (Å²) in [6.07, 6.45) is 2.45. The maximum Gasteiger partial charge on any atom is 0.211 e. The first-order chi connectivity index (χ1) is 10.9. The summed E-state index contributed by atoms with van der Waals surface area (Å²) in [6, 6.07) is 6.21. The van der Waals surface area contributed by atoms with E-state index in [4.69, 9.17) is 5.73 Å². The van der Waals surface area contributed by atoms with Gasteiger partial charge in [0.25, 0.3) is 0 Å². The number of para-hydroxylation sites is 1. The van der Waals surface area contributed by atoms with Crippen molar-refractivity contribution in [2.75, 3.05) is 24.2 Å². The Kier molecular flexibility index (Phi) is 8.05. The highest BCUT2D eigenvalue weighted by Crippen LogP contribution is 2.22. The molecule has 23 heavy (non-hydrogen) atoms. The van der Waals surface area contributed by atoms with Crippen LogP contribution in [0.15, 0.2) is 23.2 Å². The fraction of sp³-hybridized carbons (Fsp3) is 0.562. The Morgan fingerprint density at radius 2 is 1.78 bits per heavy atom. The van der Waals surface area contributed by atoms with Crippen LogP contribution in [0, 0.1) is 0 Å². The summed E-state index contributed by atoms with van der Waals surface area (Å²) in [6.45, 7) is 6.67. The van der Waals surface area contributed by atoms with E-state index >= 15 is 0 Å². The van der Waals surface area contributed by atoms with E-state index in [1.54, 1.807) is 6.92 Å². The van der Waals surface area contributed by atoms with Crippen LogP contribution in [0.3, 0.4) is 0 Å². The van der Waals surface area contributed by atoms with Gasteiger partial charge in [-0.15, -0.1) is 0 Å². The summed E-state index contributed by atoms with van der Waals surface area (Å²) >= 11 is 0. The molecule has 6 nitrogen and oxygen atoms in total. The lowest BCUT2D eigenvalue weighted by molar-refractivity contribution is 0.581. The van der Waals surface area contributed by atoms with Gasteiger partial charge < -0.3 is 11.1 Å². The minimum absolute atomic E-state index is 0.0908. The van der Waals surface area contributed by atoms with Crippen LogP contribution >= 0.6 is 0 Å². The van der Waals surface area contributed by atoms with Crippen molar-refractivity contribution in [1.29, 1.82) is 0 Å². The molecular formula is C16H28N4O2S. The largest absolute Gasteiger partial charge is 0.370 e. The third-order valence-corrected chi connectivity index (χ3v) is 4.98. The van der Waals surface area contributed by atoms with E-state index < -0.39 is 10.0 Å². The summed E-state index contributed by atoms with van der Waals surface area (Å²) in [5, 5.41) is 3.19. The van der Waals surface area contributed by atoms with Gasteiger partial charge in [0.1, 0.15) is 0 Å². The number of guanidine groups is 1. The Bertz CT molecular complexity index is 605. The van der Waals surface area contributed by atoms with E-state index in [-0.39, 0.29) is 5.75 Å². The minimum atomic E-state index is -3.13. The topological polar surface area (TPSA) is 96.6 Å². The Balaban J connectivity index is 2.58. The number of nitrogens with zero attached hydrogens (tertiary/aromatic N) is 1. The fourth-order valence-electron chi connectivity index (χ4n) is 2.18. The molecule has 1 aromatic rings. The van der Waals surface area contributed by atoms with Gasteiger partial charge in [0.15, 0.2) is 5.96 Å². The molecule has 0 amide bonds. The van der Waals surface area contributed by atoms with Crippen molar-refractivity contribution in [2.45, 2.75) is 40.0 Å². The van der Waals surface area contributed by atoms with Crippen LogP contribution in [0.4, 0.5) is 5.69 Å². The van der Waals surface area contributed by atoms with E-state index in [0.29, 0.717) is 25.5 Å². The number of hydrogen-bond acceptors (Lipinski definition) is 3. The smallest absolute Gasteiger partial charge is 0.211 e. The summed E-state index contributed by atoms with van der Waals surface area (Å²) in [5.74, 6) is 0.451. The van der Waals surface area contributed by atoms with Crippen LogP contribution in [0.5, 0.6) is 0 Å². The van der Waals surface area contributed by atoms with Crippen LogP contribution in [0.1, 0.15) is 38.3 Å². The Labute approximate surface area is 139 Å². The maximum atomic E-state index is 11.3. The average Bonchev–Trinajstić information content (AvgIpc) is 2.54. The molecule has 0 heterocycles. The number of aryl methyl sites for hydroxylation is 2. The molecule has 130 valence electrons. The van der Waals surface area contributed by atoms with Crippen LogP contribution in [-0.2, 0) is 22.9 Å². The average molecular weight is 340 g/mol. The van der Waals surface area contributed by atoms with Gasteiger partial charge in [-0.2, -0.15) is 0 Å². The molecule has 0 saturated heterocycles. The van der Waals surface area contributed by atoms with Gasteiger partial charge in [-0.25, -0.2) is 13.1 Å². The van der Waals surface area contributed by atoms with Gasteiger partial charge in [-0.1, -0.05) is 32.0 Å². The lowest BCUT2D eigenvalue weighted by atomic mass is 10.0. The number of hydrogen-bond donors (Lipinski definition) is 3. The summed E-state index contributed by atoms with van der Waals surface area (Å²) in [5.41, 5.74) is 9.39. The molecule has 0 atom stereocenters. The monoisotopic (exact) mass is 340 g/mol. The zero-order chi connectivity index (χ0) is 17.3. The Hall–Kier alpha value is -1.60. The van der Waals surface area contributed by atoms with Gasteiger partial charge >= 0.3 is 0 Å². The summed E-state index contributed by atoms with van der Waals surface area (Å²) in [4.78, 5) is 4.26. The summed E-state index contributed by atoms with van der Waals surface area (Å²) < 4.78 is 25.1. The molecule has 0 unspecified atom stereocenters. The molecule has 1 rings (SSSR count). The number of rotatable bonds is 9. The van der Waals surface area contributed by atoms with Crippen LogP contribution in [-0.4, -0.2) is 33.2 Å². The van der Waals surface area contributed by atoms with E-state index in [9.17, 15) is 8.42 Å². The molecule has 7 heteroatoms. The van der Waals surface area contributed by atoms with Crippen molar-refractivity contribution in [3.8, 4) is 0 Å². The van der Waals surface area contributed by atoms with Crippen LogP contribution < -0.4 is 15.8 Å². The van der Waals surface area contributed by atoms with E-state index in [2.05, 4.69) is 47.1 Å². The zero-order valence-corrected chi connectivity index (χ0v) is 15.0. The highest BCUT2D eigenvalue weighted by atomic mass is 32.2. The van der Waals surface area contributed by atoms with Crippen molar-refractivity contribution < 1.29 is 8.42 Å². The number of sulfonamides is 1. The minimum Gasteiger partial charge on any atom is -0.370 e. The first-order valence-electron chi connectivity index (χ1n) is 8.08. The third-order valence-electron chi connectivity index (χ3n) is 3.57. The van der Waals surface area contributed by atoms with Crippen molar-refractivity contribution in [2.24, 2.45) is 10.7 Å². The van der Waals surface area contributed by atoms with Crippen molar-refractivity contribution in [3.05, 3.63) is 29.3 Å². The fourth-order valence-corrected chi connectivity index (χ4v) is 2.84. The standard InChI is InChI=1S/C16H28N4O2S/c1-4-13-9-7-10-14(5-2)15(13)20-16(17)18-11-8-12-19-23(21,22)6-3/h7,9-10,19H,4-6,8,11-12H2,1-3H3,(H3,17,18,20). The quantitative estimate of drug-likeness (QED) is 0.363. The van der Waals surface area contributed by atoms with Gasteiger partial charge in [0, 0.05) is 18.8 Å². The molecule has 0 aliphatic heterocycles. The molecule has 4 N–H and O–H groups in total. The van der Waals surface area contributed by atoms with Crippen molar-refractivity contribution in [1.82, 2.24) is 4.72 Å². The first kappa shape index (κ1) is 19.4. The molecule has 0 spiro atoms. The normalized spacial score (nSPS) is 12.4. The Morgan fingerprint density at radius 1 is 1.17 bits per heavy atom. The molecule has 0 aliphatic carbocycles. The second kappa shape index (κ2) is 9.52. The second-order valence-corrected chi connectivity index (χ2v) is 7.30. The highest BCUT2D eigenvalue weighted by molar-refractivity contribution is 7.89. The van der Waals surface area contributed by atoms with Gasteiger partial charge in [0.2, 0.25) is 10.0 Å². The highest BCUT2D eigenvalue weighted by Gasteiger charge is 2.07. The number of nitrogens with two attached hydrogens (primary N) is 1. The van der Waals surface area contributed by atoms with E-state index in [0.717, 1.165) is 18.5 Å². The Morgan fingerprint density at radius 3 is 2.30 bits per heavy atom. The zero-order valence-electron chi connectivity index (χ0n) is 14.2. The molecule has 0 aliphatic rings.